The van der Waals surface area contributed by atoms with E-state index in [2.05, 4.69) is 68.3 Å². The third-order valence-electron chi connectivity index (χ3n) is 5.11. The number of anilines is 1. The first-order valence-corrected chi connectivity index (χ1v) is 12.1. The van der Waals surface area contributed by atoms with Crippen molar-refractivity contribution in [1.29, 1.82) is 0 Å². The first-order valence-electron chi connectivity index (χ1n) is 10.2. The molecule has 2 heterocycles. The summed E-state index contributed by atoms with van der Waals surface area (Å²) in [6.45, 7) is 8.39. The van der Waals surface area contributed by atoms with E-state index in [0.29, 0.717) is 17.3 Å². The lowest BCUT2D eigenvalue weighted by Gasteiger charge is -2.09. The summed E-state index contributed by atoms with van der Waals surface area (Å²) in [7, 11) is 0. The third-order valence-corrected chi connectivity index (χ3v) is 6.78. The van der Waals surface area contributed by atoms with Crippen LogP contribution in [0.2, 0.25) is 0 Å². The Bertz CT molecular complexity index is 1250. The predicted octanol–water partition coefficient (Wildman–Crippen LogP) is 6.71. The first kappa shape index (κ1) is 21.5. The van der Waals surface area contributed by atoms with Crippen molar-refractivity contribution < 1.29 is 4.79 Å². The van der Waals surface area contributed by atoms with E-state index < -0.39 is 0 Å². The van der Waals surface area contributed by atoms with Gasteiger partial charge < -0.3 is 5.32 Å². The van der Waals surface area contributed by atoms with Gasteiger partial charge in [-0.1, -0.05) is 41.5 Å². The summed E-state index contributed by atoms with van der Waals surface area (Å²) >= 11 is 3.07. The Balaban J connectivity index is 1.35. The van der Waals surface area contributed by atoms with Crippen LogP contribution in [-0.2, 0) is 4.79 Å². The van der Waals surface area contributed by atoms with Gasteiger partial charge in [0.25, 0.3) is 0 Å². The van der Waals surface area contributed by atoms with E-state index in [-0.39, 0.29) is 5.91 Å². The molecule has 0 bridgehead atoms. The van der Waals surface area contributed by atoms with Crippen LogP contribution < -0.4 is 5.32 Å². The number of pyridine rings is 1. The molecule has 4 rings (SSSR count). The third kappa shape index (κ3) is 5.14. The van der Waals surface area contributed by atoms with Gasteiger partial charge in [-0.3, -0.25) is 4.79 Å². The molecule has 2 aromatic heterocycles. The number of rotatable bonds is 6. The molecule has 158 valence electrons. The maximum atomic E-state index is 12.4. The summed E-state index contributed by atoms with van der Waals surface area (Å²) in [4.78, 5) is 21.8. The number of hydrogen-bond donors (Lipinski definition) is 1. The van der Waals surface area contributed by atoms with Gasteiger partial charge in [0.05, 0.1) is 16.2 Å². The highest BCUT2D eigenvalue weighted by atomic mass is 32.2. The van der Waals surface area contributed by atoms with Crippen LogP contribution in [0.5, 0.6) is 0 Å². The molecule has 31 heavy (non-hydrogen) atoms. The molecule has 0 aliphatic carbocycles. The lowest BCUT2D eigenvalue weighted by Crippen LogP contribution is -2.12. The fourth-order valence-corrected chi connectivity index (χ4v) is 5.15. The van der Waals surface area contributed by atoms with E-state index in [1.165, 1.54) is 39.0 Å². The van der Waals surface area contributed by atoms with Crippen molar-refractivity contribution in [2.24, 2.45) is 0 Å². The SMILES string of the molecule is Cc1ccc(-c2csc(NC(=O)CCSc3cc(C)c4cc(C)cc(C)c4n3)n2)cc1. The Kier molecular flexibility index (Phi) is 6.39. The van der Waals surface area contributed by atoms with Gasteiger partial charge in [0.1, 0.15) is 0 Å². The summed E-state index contributed by atoms with van der Waals surface area (Å²) < 4.78 is 0. The highest BCUT2D eigenvalue weighted by Gasteiger charge is 2.10. The fourth-order valence-electron chi connectivity index (χ4n) is 3.51. The number of thioether (sulfide) groups is 1. The second-order valence-corrected chi connectivity index (χ2v) is 9.78. The van der Waals surface area contributed by atoms with Crippen LogP contribution >= 0.6 is 23.1 Å². The van der Waals surface area contributed by atoms with Crippen LogP contribution in [0.25, 0.3) is 22.2 Å². The molecule has 0 spiro atoms. The molecule has 2 aromatic carbocycles. The molecule has 0 aliphatic rings. The van der Waals surface area contributed by atoms with E-state index in [1.807, 2.05) is 17.5 Å². The Morgan fingerprint density at radius 3 is 2.52 bits per heavy atom. The average Bonchev–Trinajstić information content (AvgIpc) is 3.18. The highest BCUT2D eigenvalue weighted by molar-refractivity contribution is 7.99. The Hall–Kier alpha value is -2.70. The molecule has 0 aliphatic heterocycles. The van der Waals surface area contributed by atoms with E-state index in [9.17, 15) is 4.79 Å². The number of aromatic nitrogens is 2. The number of nitrogens with one attached hydrogen (secondary N) is 1. The molecule has 0 radical (unpaired) electrons. The molecule has 4 nitrogen and oxygen atoms in total. The van der Waals surface area contributed by atoms with Crippen molar-refractivity contribution in [2.75, 3.05) is 11.1 Å². The van der Waals surface area contributed by atoms with Crippen LogP contribution in [0.3, 0.4) is 0 Å². The topological polar surface area (TPSA) is 54.9 Å². The Morgan fingerprint density at radius 1 is 0.968 bits per heavy atom. The average molecular weight is 448 g/mol. The zero-order valence-electron chi connectivity index (χ0n) is 18.2. The van der Waals surface area contributed by atoms with Gasteiger partial charge in [0, 0.05) is 28.5 Å². The maximum absolute atomic E-state index is 12.4. The van der Waals surface area contributed by atoms with Crippen molar-refractivity contribution in [2.45, 2.75) is 39.1 Å². The number of amides is 1. The summed E-state index contributed by atoms with van der Waals surface area (Å²) in [6.07, 6.45) is 0.412. The first-order chi connectivity index (χ1) is 14.9. The van der Waals surface area contributed by atoms with Crippen LogP contribution in [0.1, 0.15) is 28.7 Å². The number of carbonyl (C=O) groups is 1. The second-order valence-electron chi connectivity index (χ2n) is 7.81. The zero-order valence-corrected chi connectivity index (χ0v) is 19.8. The normalized spacial score (nSPS) is 11.1. The lowest BCUT2D eigenvalue weighted by molar-refractivity contribution is -0.115. The predicted molar refractivity (Wildman–Crippen MR) is 132 cm³/mol. The quantitative estimate of drug-likeness (QED) is 0.334. The number of aryl methyl sites for hydroxylation is 4. The van der Waals surface area contributed by atoms with Gasteiger partial charge >= 0.3 is 0 Å². The highest BCUT2D eigenvalue weighted by Crippen LogP contribution is 2.28. The van der Waals surface area contributed by atoms with E-state index in [1.54, 1.807) is 11.8 Å². The zero-order chi connectivity index (χ0) is 22.0. The lowest BCUT2D eigenvalue weighted by atomic mass is 10.0. The fraction of sp³-hybridized carbons (Fsp3) is 0.240. The number of thiazole rings is 1. The number of carbonyl (C=O) groups excluding carboxylic acids is 1. The molecule has 1 amide bonds. The van der Waals surface area contributed by atoms with Gasteiger partial charge in [-0.25, -0.2) is 9.97 Å². The van der Waals surface area contributed by atoms with Gasteiger partial charge in [-0.15, -0.1) is 23.1 Å². The van der Waals surface area contributed by atoms with Crippen molar-refractivity contribution in [3.05, 3.63) is 70.1 Å². The molecular weight excluding hydrogens is 422 g/mol. The van der Waals surface area contributed by atoms with Gasteiger partial charge in [0.2, 0.25) is 5.91 Å². The minimum absolute atomic E-state index is 0.0263. The Morgan fingerprint density at radius 2 is 1.74 bits per heavy atom. The number of nitrogens with zero attached hydrogens (tertiary/aromatic N) is 2. The summed E-state index contributed by atoms with van der Waals surface area (Å²) in [5.41, 5.74) is 7.86. The summed E-state index contributed by atoms with van der Waals surface area (Å²) in [5.74, 6) is 0.645. The molecule has 0 saturated heterocycles. The molecule has 1 N–H and O–H groups in total. The summed E-state index contributed by atoms with van der Waals surface area (Å²) in [6, 6.07) is 14.7. The standard InChI is InChI=1S/C25H25N3OS2/c1-15-5-7-19(8-6-15)21-14-31-25(26-21)27-22(29)9-10-30-23-13-17(3)20-12-16(2)11-18(4)24(20)28-23/h5-8,11-14H,9-10H2,1-4H3,(H,26,27,29). The maximum Gasteiger partial charge on any atom is 0.226 e. The van der Waals surface area contributed by atoms with E-state index in [0.717, 1.165) is 21.8 Å². The Labute approximate surface area is 191 Å². The van der Waals surface area contributed by atoms with Gasteiger partial charge in [-0.2, -0.15) is 0 Å². The molecule has 0 unspecified atom stereocenters. The molecule has 6 heteroatoms. The minimum atomic E-state index is -0.0263. The van der Waals surface area contributed by atoms with Crippen LogP contribution in [0, 0.1) is 27.7 Å². The van der Waals surface area contributed by atoms with Gasteiger partial charge in [-0.05, 0) is 51.0 Å². The van der Waals surface area contributed by atoms with Crippen LogP contribution in [-0.4, -0.2) is 21.6 Å². The van der Waals surface area contributed by atoms with Crippen LogP contribution in [0.15, 0.2) is 52.9 Å². The van der Waals surface area contributed by atoms with Crippen molar-refractivity contribution in [1.82, 2.24) is 9.97 Å². The number of benzene rings is 2. The largest absolute Gasteiger partial charge is 0.302 e. The number of hydrogen-bond acceptors (Lipinski definition) is 5. The van der Waals surface area contributed by atoms with E-state index in [4.69, 9.17) is 4.98 Å². The van der Waals surface area contributed by atoms with Crippen LogP contribution in [0.4, 0.5) is 5.13 Å². The molecule has 0 fully saturated rings. The molecular formula is C25H25N3OS2. The second kappa shape index (κ2) is 9.20. The smallest absolute Gasteiger partial charge is 0.226 e. The monoisotopic (exact) mass is 447 g/mol. The molecule has 4 aromatic rings. The minimum Gasteiger partial charge on any atom is -0.302 e. The summed E-state index contributed by atoms with van der Waals surface area (Å²) in [5, 5.41) is 7.69. The molecule has 0 atom stereocenters. The number of fused-ring (bicyclic) bond motifs is 1. The molecule has 0 saturated carbocycles. The van der Waals surface area contributed by atoms with Crippen molar-refractivity contribution >= 4 is 45.0 Å². The van der Waals surface area contributed by atoms with Gasteiger partial charge in [0.15, 0.2) is 5.13 Å². The van der Waals surface area contributed by atoms with Crippen molar-refractivity contribution in [3.63, 3.8) is 0 Å². The van der Waals surface area contributed by atoms with E-state index >= 15 is 0 Å². The van der Waals surface area contributed by atoms with Crippen molar-refractivity contribution in [3.8, 4) is 11.3 Å².